The summed E-state index contributed by atoms with van der Waals surface area (Å²) in [6, 6.07) is 9.33. The second kappa shape index (κ2) is 9.41. The second-order valence-electron chi connectivity index (χ2n) is 7.71. The van der Waals surface area contributed by atoms with Crippen LogP contribution in [0, 0.1) is 17.1 Å². The van der Waals surface area contributed by atoms with Gasteiger partial charge in [0.15, 0.2) is 17.2 Å². The average molecular weight is 521 g/mol. The van der Waals surface area contributed by atoms with E-state index in [1.54, 1.807) is 30.2 Å². The molecule has 0 fully saturated rings. The van der Waals surface area contributed by atoms with E-state index in [-0.39, 0.29) is 50.9 Å². The lowest BCUT2D eigenvalue weighted by molar-refractivity contribution is 0.437. The lowest BCUT2D eigenvalue weighted by Crippen LogP contribution is -1.98. The molecule has 0 aliphatic rings. The molecule has 0 aliphatic heterocycles. The van der Waals surface area contributed by atoms with Crippen molar-refractivity contribution in [2.75, 3.05) is 0 Å². The highest BCUT2D eigenvalue weighted by Crippen LogP contribution is 2.36. The number of benzene rings is 2. The molecule has 0 saturated carbocycles. The number of rotatable bonds is 6. The normalized spacial score (nSPS) is 11.0. The van der Waals surface area contributed by atoms with Crippen molar-refractivity contribution < 1.29 is 13.5 Å². The Morgan fingerprint density at radius 1 is 1.22 bits per heavy atom. The van der Waals surface area contributed by atoms with E-state index in [0.717, 1.165) is 10.9 Å². The van der Waals surface area contributed by atoms with Crippen molar-refractivity contribution in [2.45, 2.75) is 6.42 Å². The van der Waals surface area contributed by atoms with Gasteiger partial charge in [-0.05, 0) is 24.3 Å². The summed E-state index contributed by atoms with van der Waals surface area (Å²) < 4.78 is 28.5. The summed E-state index contributed by atoms with van der Waals surface area (Å²) in [6.07, 6.45) is 4.94. The molecular formula is C25H15Cl2FN6O2. The van der Waals surface area contributed by atoms with E-state index in [2.05, 4.69) is 26.9 Å². The van der Waals surface area contributed by atoms with Gasteiger partial charge in [0.25, 0.3) is 0 Å². The van der Waals surface area contributed by atoms with Gasteiger partial charge in [-0.1, -0.05) is 41.9 Å². The molecule has 5 aromatic rings. The third-order valence-electron chi connectivity index (χ3n) is 5.40. The van der Waals surface area contributed by atoms with E-state index in [1.807, 2.05) is 6.07 Å². The van der Waals surface area contributed by atoms with E-state index >= 15 is 4.39 Å². The van der Waals surface area contributed by atoms with E-state index < -0.39 is 5.82 Å². The Morgan fingerprint density at radius 3 is 2.83 bits per heavy atom. The zero-order valence-corrected chi connectivity index (χ0v) is 20.2. The number of hydrogen-bond acceptors (Lipinski definition) is 7. The number of nitrogens with zero attached hydrogens (tertiary/aromatic N) is 6. The minimum Gasteiger partial charge on any atom is -0.453 e. The third-order valence-corrected chi connectivity index (χ3v) is 5.91. The van der Waals surface area contributed by atoms with Gasteiger partial charge in [-0.15, -0.1) is 10.2 Å². The number of pyridine rings is 1. The minimum atomic E-state index is -0.703. The maximum absolute atomic E-state index is 15.4. The molecule has 0 atom stereocenters. The number of fused-ring (bicyclic) bond motifs is 1. The van der Waals surface area contributed by atoms with Crippen molar-refractivity contribution in [1.82, 2.24) is 25.0 Å². The highest BCUT2D eigenvalue weighted by atomic mass is 35.5. The minimum absolute atomic E-state index is 0.0165. The number of aryl methyl sites for hydroxylation is 1. The number of nitriles is 1. The van der Waals surface area contributed by atoms with Gasteiger partial charge in [0.2, 0.25) is 11.8 Å². The van der Waals surface area contributed by atoms with Crippen LogP contribution in [0.15, 0.2) is 53.7 Å². The molecule has 3 aromatic heterocycles. The van der Waals surface area contributed by atoms with Gasteiger partial charge in [0, 0.05) is 34.8 Å². The largest absolute Gasteiger partial charge is 0.453 e. The molecule has 2 aromatic carbocycles. The molecule has 0 saturated heterocycles. The molecule has 0 radical (unpaired) electrons. The van der Waals surface area contributed by atoms with Crippen LogP contribution >= 0.6 is 23.2 Å². The van der Waals surface area contributed by atoms with Crippen molar-refractivity contribution in [3.8, 4) is 29.0 Å². The molecule has 0 spiro atoms. The maximum Gasteiger partial charge on any atom is 0.249 e. The van der Waals surface area contributed by atoms with Crippen LogP contribution in [0.4, 0.5) is 4.39 Å². The fourth-order valence-electron chi connectivity index (χ4n) is 3.71. The number of halogens is 3. The summed E-state index contributed by atoms with van der Waals surface area (Å²) in [4.78, 5) is 4.42. The van der Waals surface area contributed by atoms with Gasteiger partial charge in [-0.25, -0.2) is 9.37 Å². The number of hydrogen-bond donors (Lipinski definition) is 0. The van der Waals surface area contributed by atoms with E-state index in [1.165, 1.54) is 30.3 Å². The SMILES string of the molecule is C=Cc1c(-c2nnc(Cc3ccc(Cl)c(Oc4cc(Cl)cc(C#N)c4)c3F)o2)cnc2c1cnn2C. The van der Waals surface area contributed by atoms with Crippen LogP contribution in [0.5, 0.6) is 11.5 Å². The molecule has 5 rings (SSSR count). The molecule has 0 unspecified atom stereocenters. The first-order valence-corrected chi connectivity index (χ1v) is 11.2. The topological polar surface area (TPSA) is 103 Å². The Kier molecular flexibility index (Phi) is 6.14. The molecule has 8 nitrogen and oxygen atoms in total. The summed E-state index contributed by atoms with van der Waals surface area (Å²) >= 11 is 12.2. The fourth-order valence-corrected chi connectivity index (χ4v) is 4.12. The molecule has 0 bridgehead atoms. The van der Waals surface area contributed by atoms with E-state index in [0.29, 0.717) is 11.2 Å². The zero-order valence-electron chi connectivity index (χ0n) is 18.7. The summed E-state index contributed by atoms with van der Waals surface area (Å²) in [5.74, 6) is -0.349. The molecule has 36 heavy (non-hydrogen) atoms. The van der Waals surface area contributed by atoms with Gasteiger partial charge in [-0.3, -0.25) is 4.68 Å². The molecule has 11 heteroatoms. The maximum atomic E-state index is 15.4. The van der Waals surface area contributed by atoms with Gasteiger partial charge in [0.05, 0.1) is 34.8 Å². The fraction of sp³-hybridized carbons (Fsp3) is 0.0800. The van der Waals surface area contributed by atoms with Crippen LogP contribution in [0.3, 0.4) is 0 Å². The highest BCUT2D eigenvalue weighted by molar-refractivity contribution is 6.32. The van der Waals surface area contributed by atoms with Crippen LogP contribution < -0.4 is 4.74 Å². The number of ether oxygens (including phenoxy) is 1. The predicted molar refractivity (Wildman–Crippen MR) is 132 cm³/mol. The van der Waals surface area contributed by atoms with Gasteiger partial charge in [0.1, 0.15) is 5.75 Å². The highest BCUT2D eigenvalue weighted by Gasteiger charge is 2.20. The molecule has 178 valence electrons. The smallest absolute Gasteiger partial charge is 0.249 e. The quantitative estimate of drug-likeness (QED) is 0.256. The monoisotopic (exact) mass is 520 g/mol. The predicted octanol–water partition coefficient (Wildman–Crippen LogP) is 6.36. The van der Waals surface area contributed by atoms with Crippen LogP contribution in [-0.2, 0) is 13.5 Å². The van der Waals surface area contributed by atoms with Crippen LogP contribution in [-0.4, -0.2) is 25.0 Å². The molecular weight excluding hydrogens is 506 g/mol. The third kappa shape index (κ3) is 4.28. The Balaban J connectivity index is 1.45. The summed E-state index contributed by atoms with van der Waals surface area (Å²) in [7, 11) is 1.79. The average Bonchev–Trinajstić information content (AvgIpc) is 3.49. The molecule has 0 amide bonds. The first kappa shape index (κ1) is 23.5. The lowest BCUT2D eigenvalue weighted by atomic mass is 10.1. The molecule has 0 N–H and O–H groups in total. The molecule has 3 heterocycles. The Labute approximate surface area is 214 Å². The standard InChI is InChI=1S/C25H15Cl2FN6O2/c1-3-17-18-12-31-34(2)24(18)30-11-19(17)25-33-32-21(36-25)8-14-4-5-20(27)23(22(14)28)35-16-7-13(10-29)6-15(26)9-16/h3-7,9,11-12H,1,8H2,2H3. The van der Waals surface area contributed by atoms with Gasteiger partial charge >= 0.3 is 0 Å². The number of aromatic nitrogens is 5. The summed E-state index contributed by atoms with van der Waals surface area (Å²) in [6.45, 7) is 3.87. The van der Waals surface area contributed by atoms with Crippen molar-refractivity contribution in [1.29, 1.82) is 5.26 Å². The van der Waals surface area contributed by atoms with Crippen molar-refractivity contribution in [3.63, 3.8) is 0 Å². The van der Waals surface area contributed by atoms with Crippen molar-refractivity contribution >= 4 is 40.3 Å². The van der Waals surface area contributed by atoms with Gasteiger partial charge in [-0.2, -0.15) is 10.4 Å². The first-order chi connectivity index (χ1) is 17.4. The van der Waals surface area contributed by atoms with Crippen LogP contribution in [0.25, 0.3) is 28.6 Å². The Bertz CT molecular complexity index is 1690. The van der Waals surface area contributed by atoms with E-state index in [9.17, 15) is 0 Å². The Hall–Kier alpha value is -4.26. The van der Waals surface area contributed by atoms with Crippen molar-refractivity contribution in [2.24, 2.45) is 7.05 Å². The summed E-state index contributed by atoms with van der Waals surface area (Å²) in [5, 5.41) is 22.6. The van der Waals surface area contributed by atoms with E-state index in [4.69, 9.17) is 37.6 Å². The zero-order chi connectivity index (χ0) is 25.4. The second-order valence-corrected chi connectivity index (χ2v) is 8.56. The molecule has 0 aliphatic carbocycles. The van der Waals surface area contributed by atoms with Crippen LogP contribution in [0.1, 0.15) is 22.6 Å². The lowest BCUT2D eigenvalue weighted by Gasteiger charge is -2.12. The van der Waals surface area contributed by atoms with Crippen LogP contribution in [0.2, 0.25) is 10.0 Å². The van der Waals surface area contributed by atoms with Gasteiger partial charge < -0.3 is 9.15 Å². The summed E-state index contributed by atoms with van der Waals surface area (Å²) in [5.41, 5.74) is 2.50. The Morgan fingerprint density at radius 2 is 2.06 bits per heavy atom. The van der Waals surface area contributed by atoms with Crippen molar-refractivity contribution in [3.05, 3.63) is 87.7 Å². The first-order valence-electron chi connectivity index (χ1n) is 10.5.